The molecule has 11 rings (SSSR count). The molecule has 7 aliphatic heterocycles. The summed E-state index contributed by atoms with van der Waals surface area (Å²) in [7, 11) is 0. The van der Waals surface area contributed by atoms with Crippen molar-refractivity contribution in [3.05, 3.63) is 0 Å². The molecule has 464 valence electrons. The smallest absolute Gasteiger partial charge is 0.189 e. The van der Waals surface area contributed by atoms with Crippen LogP contribution in [0.4, 0.5) is 0 Å². The summed E-state index contributed by atoms with van der Waals surface area (Å²) >= 11 is 0. The molecule has 27 heteroatoms. The maximum Gasteiger partial charge on any atom is 0.189 e. The Morgan fingerprint density at radius 2 is 1.23 bits per heavy atom. The minimum absolute atomic E-state index is 0.0611. The number of ether oxygens (including phenoxy) is 12. The highest BCUT2D eigenvalue weighted by Gasteiger charge is 2.72. The minimum Gasteiger partial charge on any atom is -0.394 e. The van der Waals surface area contributed by atoms with Gasteiger partial charge in [0.05, 0.1) is 45.2 Å². The third-order valence-corrected chi connectivity index (χ3v) is 21.3. The van der Waals surface area contributed by atoms with Crippen molar-refractivity contribution in [2.24, 2.45) is 52.3 Å². The number of hydrogen-bond acceptors (Lipinski definition) is 27. The van der Waals surface area contributed by atoms with Gasteiger partial charge in [-0.15, -0.1) is 0 Å². The number of hydrogen-bond donors (Lipinski definition) is 14. The average Bonchev–Trinajstić information content (AvgIpc) is 3.61. The first-order valence-electron chi connectivity index (χ1n) is 29.1. The van der Waals surface area contributed by atoms with E-state index < -0.39 is 185 Å². The Kier molecular flexibility index (Phi) is 17.9. The van der Waals surface area contributed by atoms with Gasteiger partial charge in [0.25, 0.3) is 0 Å². The molecule has 81 heavy (non-hydrogen) atoms. The van der Waals surface area contributed by atoms with Crippen molar-refractivity contribution < 1.29 is 133 Å². The van der Waals surface area contributed by atoms with E-state index in [0.29, 0.717) is 44.1 Å². The Morgan fingerprint density at radius 1 is 0.556 bits per heavy atom. The highest BCUT2D eigenvalue weighted by molar-refractivity contribution is 5.87. The molecule has 0 bridgehead atoms. The Morgan fingerprint density at radius 3 is 1.95 bits per heavy atom. The molecule has 11 aliphatic rings. The number of ketones is 1. The number of carbonyl (C=O) groups is 1. The molecule has 4 aliphatic carbocycles. The predicted octanol–water partition coefficient (Wildman–Crippen LogP) is -4.67. The SMILES string of the molecule is CC1CCC2(OC1)OC1CC3C4CCC5CC(OC6OC(CO)C(OC7OC(CO)C(O)C(OC8COC(O)C(O)C8O)C7OC7OCC(O)C(O)C7O)C(O)C6OC6OC(O)C(O)C(O)C6O)CCC5(C)C4CC(=O)C3(C)C1C2C. The van der Waals surface area contributed by atoms with Gasteiger partial charge in [-0.3, -0.25) is 4.79 Å². The van der Waals surface area contributed by atoms with Gasteiger partial charge in [0.15, 0.2) is 43.5 Å². The van der Waals surface area contributed by atoms with Crippen LogP contribution < -0.4 is 0 Å². The third kappa shape index (κ3) is 10.6. The molecule has 0 aromatic carbocycles. The lowest BCUT2D eigenvalue weighted by Gasteiger charge is -2.61. The molecule has 7 saturated heterocycles. The van der Waals surface area contributed by atoms with Gasteiger partial charge in [-0.25, -0.2) is 0 Å². The van der Waals surface area contributed by atoms with Crippen molar-refractivity contribution in [2.75, 3.05) is 33.0 Å². The summed E-state index contributed by atoms with van der Waals surface area (Å²) in [5.74, 6) is 0.844. The first-order valence-corrected chi connectivity index (χ1v) is 29.1. The maximum absolute atomic E-state index is 14.9. The predicted molar refractivity (Wildman–Crippen MR) is 264 cm³/mol. The molecule has 0 aromatic rings. The van der Waals surface area contributed by atoms with Gasteiger partial charge in [0, 0.05) is 30.1 Å². The number of fused-ring (bicyclic) bond motifs is 7. The first-order chi connectivity index (χ1) is 38.4. The van der Waals surface area contributed by atoms with E-state index in [-0.39, 0.29) is 46.9 Å². The van der Waals surface area contributed by atoms with Crippen LogP contribution >= 0.6 is 0 Å². The summed E-state index contributed by atoms with van der Waals surface area (Å²) in [4.78, 5) is 14.9. The molecule has 1 spiro atoms. The molecular weight excluding hydrogens is 1080 g/mol. The van der Waals surface area contributed by atoms with Crippen molar-refractivity contribution in [2.45, 2.75) is 245 Å². The van der Waals surface area contributed by atoms with E-state index in [0.717, 1.165) is 32.1 Å². The standard InChI is InChI=1S/C54H86O27/c1-19-7-10-54(72-16-19)20(2)32-27(81-54)12-25-23-6-5-21-11-22(8-9-52(21,3)24(23)13-31(58)53(25,32)4)73-50-44(78-49-40(66)36(62)38(64)47(69)80-49)41(67)42(29(15-56)76-50)77-51-45(79-48-39(65)33(59)26(57)17-71-48)43(35(61)28(14-55)75-51)74-30-18-70-46(68)37(63)34(30)60/h19-30,32-51,55-57,59-69H,5-18H2,1-4H3. The van der Waals surface area contributed by atoms with Crippen LogP contribution in [-0.4, -0.2) is 270 Å². The normalized spacial score (nSPS) is 57.6. The average molecular weight is 1170 g/mol. The van der Waals surface area contributed by atoms with Crippen LogP contribution in [0, 0.1) is 52.3 Å². The van der Waals surface area contributed by atoms with Gasteiger partial charge in [-0.05, 0) is 80.0 Å². The van der Waals surface area contributed by atoms with Crippen molar-refractivity contribution in [1.82, 2.24) is 0 Å². The fraction of sp³-hybridized carbons (Fsp3) is 0.981. The number of aliphatic hydroxyl groups excluding tert-OH is 14. The van der Waals surface area contributed by atoms with Gasteiger partial charge < -0.3 is 128 Å². The molecule has 0 radical (unpaired) electrons. The third-order valence-electron chi connectivity index (χ3n) is 21.3. The van der Waals surface area contributed by atoms with E-state index in [1.54, 1.807) is 0 Å². The second kappa shape index (κ2) is 23.6. The number of aliphatic hydroxyl groups is 14. The van der Waals surface area contributed by atoms with Gasteiger partial charge in [-0.1, -0.05) is 27.7 Å². The molecule has 27 nitrogen and oxygen atoms in total. The van der Waals surface area contributed by atoms with Gasteiger partial charge in [0.1, 0.15) is 110 Å². The lowest BCUT2D eigenvalue weighted by atomic mass is 9.44. The van der Waals surface area contributed by atoms with E-state index in [4.69, 9.17) is 56.8 Å². The Bertz CT molecular complexity index is 2160. The Hall–Kier alpha value is -1.37. The summed E-state index contributed by atoms with van der Waals surface area (Å²) in [6.07, 6.45) is -36.5. The lowest BCUT2D eigenvalue weighted by Crippen LogP contribution is -2.68. The second-order valence-electron chi connectivity index (χ2n) is 25.8. The molecule has 0 aromatic heterocycles. The van der Waals surface area contributed by atoms with Crippen molar-refractivity contribution in [3.63, 3.8) is 0 Å². The topological polar surface area (TPSA) is 411 Å². The Labute approximate surface area is 468 Å². The number of rotatable bonds is 12. The monoisotopic (exact) mass is 1170 g/mol. The fourth-order valence-electron chi connectivity index (χ4n) is 16.5. The zero-order chi connectivity index (χ0) is 57.9. The van der Waals surface area contributed by atoms with E-state index in [1.807, 2.05) is 0 Å². The summed E-state index contributed by atoms with van der Waals surface area (Å²) in [5.41, 5.74) is -0.793. The van der Waals surface area contributed by atoms with Crippen molar-refractivity contribution in [3.8, 4) is 0 Å². The van der Waals surface area contributed by atoms with Crippen LogP contribution in [0.2, 0.25) is 0 Å². The van der Waals surface area contributed by atoms with Gasteiger partial charge >= 0.3 is 0 Å². The fourth-order valence-corrected chi connectivity index (χ4v) is 16.5. The van der Waals surface area contributed by atoms with Crippen molar-refractivity contribution >= 4 is 5.78 Å². The van der Waals surface area contributed by atoms with E-state index in [9.17, 15) is 76.3 Å². The lowest BCUT2D eigenvalue weighted by molar-refractivity contribution is -0.410. The van der Waals surface area contributed by atoms with Crippen LogP contribution in [0.15, 0.2) is 0 Å². The van der Waals surface area contributed by atoms with Crippen LogP contribution in [-0.2, 0) is 61.6 Å². The highest BCUT2D eigenvalue weighted by atomic mass is 16.8. The number of Topliss-reactive ketones (excluding diaryl/α,β-unsaturated/α-hetero) is 1. The van der Waals surface area contributed by atoms with E-state index in [2.05, 4.69) is 27.7 Å². The van der Waals surface area contributed by atoms with E-state index in [1.165, 1.54) is 0 Å². The van der Waals surface area contributed by atoms with Crippen LogP contribution in [0.25, 0.3) is 0 Å². The molecule has 7 heterocycles. The molecule has 11 fully saturated rings. The minimum atomic E-state index is -2.09. The van der Waals surface area contributed by atoms with Gasteiger partial charge in [0.2, 0.25) is 0 Å². The largest absolute Gasteiger partial charge is 0.394 e. The molecule has 14 N–H and O–H groups in total. The molecule has 35 unspecified atom stereocenters. The zero-order valence-corrected chi connectivity index (χ0v) is 45.9. The summed E-state index contributed by atoms with van der Waals surface area (Å²) in [6.45, 7) is 6.53. The highest BCUT2D eigenvalue weighted by Crippen LogP contribution is 2.70. The molecule has 35 atom stereocenters. The quantitative estimate of drug-likeness (QED) is 0.0817. The van der Waals surface area contributed by atoms with Crippen molar-refractivity contribution in [1.29, 1.82) is 0 Å². The van der Waals surface area contributed by atoms with Crippen LogP contribution in [0.3, 0.4) is 0 Å². The second-order valence-corrected chi connectivity index (χ2v) is 25.8. The summed E-state index contributed by atoms with van der Waals surface area (Å²) in [5, 5.41) is 152. The molecule has 0 amide bonds. The van der Waals surface area contributed by atoms with Crippen LogP contribution in [0.5, 0.6) is 0 Å². The summed E-state index contributed by atoms with van der Waals surface area (Å²) < 4.78 is 73.4. The van der Waals surface area contributed by atoms with E-state index >= 15 is 0 Å². The molecular formula is C54H86O27. The Balaban J connectivity index is 0.837. The zero-order valence-electron chi connectivity index (χ0n) is 45.9. The van der Waals surface area contributed by atoms with Gasteiger partial charge in [-0.2, -0.15) is 0 Å². The summed E-state index contributed by atoms with van der Waals surface area (Å²) in [6, 6.07) is 0. The maximum atomic E-state index is 14.9. The van der Waals surface area contributed by atoms with Crippen LogP contribution in [0.1, 0.15) is 85.5 Å². The first kappa shape index (κ1) is 61.3. The number of carbonyl (C=O) groups excluding carboxylic acids is 1. The molecule has 4 saturated carbocycles.